The van der Waals surface area contributed by atoms with Crippen LogP contribution in [0.1, 0.15) is 34.1 Å². The van der Waals surface area contributed by atoms with Crippen LogP contribution in [0.15, 0.2) is 0 Å². The standard InChI is InChI=1S/C13H28N2O2/c1-7-15(11(2)10-14(5)6)9-8-13(3,4)12(16)17/h11H,7-10H2,1-6H3,(H,16,17). The number of carboxylic acids is 1. The number of hydrogen-bond donors (Lipinski definition) is 1. The lowest BCUT2D eigenvalue weighted by Crippen LogP contribution is -2.42. The van der Waals surface area contributed by atoms with Gasteiger partial charge in [0.1, 0.15) is 0 Å². The van der Waals surface area contributed by atoms with Crippen LogP contribution in [0.4, 0.5) is 0 Å². The van der Waals surface area contributed by atoms with Crippen molar-refractivity contribution in [3.63, 3.8) is 0 Å². The Labute approximate surface area is 106 Å². The van der Waals surface area contributed by atoms with Crippen molar-refractivity contribution in [1.82, 2.24) is 9.80 Å². The minimum Gasteiger partial charge on any atom is -0.481 e. The molecule has 1 atom stereocenters. The van der Waals surface area contributed by atoms with Gasteiger partial charge in [-0.05, 0) is 54.4 Å². The van der Waals surface area contributed by atoms with E-state index in [1.165, 1.54) is 0 Å². The minimum absolute atomic E-state index is 0.458. The number of aliphatic carboxylic acids is 1. The molecular formula is C13H28N2O2. The Balaban J connectivity index is 4.27. The summed E-state index contributed by atoms with van der Waals surface area (Å²) in [6.45, 7) is 10.7. The van der Waals surface area contributed by atoms with Gasteiger partial charge >= 0.3 is 5.97 Å². The monoisotopic (exact) mass is 244 g/mol. The summed E-state index contributed by atoms with van der Waals surface area (Å²) in [6, 6.07) is 0.458. The van der Waals surface area contributed by atoms with E-state index < -0.39 is 11.4 Å². The lowest BCUT2D eigenvalue weighted by molar-refractivity contribution is -0.147. The Morgan fingerprint density at radius 1 is 1.35 bits per heavy atom. The third kappa shape index (κ3) is 6.03. The molecule has 0 spiro atoms. The molecule has 17 heavy (non-hydrogen) atoms. The zero-order chi connectivity index (χ0) is 13.6. The van der Waals surface area contributed by atoms with Crippen molar-refractivity contribution in [3.8, 4) is 0 Å². The van der Waals surface area contributed by atoms with Gasteiger partial charge in [-0.25, -0.2) is 0 Å². The number of carbonyl (C=O) groups is 1. The van der Waals surface area contributed by atoms with Crippen LogP contribution in [0.25, 0.3) is 0 Å². The van der Waals surface area contributed by atoms with Gasteiger partial charge in [0.15, 0.2) is 0 Å². The van der Waals surface area contributed by atoms with E-state index in [1.54, 1.807) is 13.8 Å². The summed E-state index contributed by atoms with van der Waals surface area (Å²) in [5.41, 5.74) is -0.634. The van der Waals surface area contributed by atoms with Gasteiger partial charge in [-0.1, -0.05) is 6.92 Å². The molecule has 0 saturated heterocycles. The quantitative estimate of drug-likeness (QED) is 0.706. The number of carboxylic acid groups (broad SMARTS) is 1. The predicted octanol–water partition coefficient (Wildman–Crippen LogP) is 1.76. The summed E-state index contributed by atoms with van der Waals surface area (Å²) in [6.07, 6.45) is 0.688. The van der Waals surface area contributed by atoms with Crippen LogP contribution < -0.4 is 0 Å². The first kappa shape index (κ1) is 16.4. The van der Waals surface area contributed by atoms with Crippen LogP contribution in [-0.2, 0) is 4.79 Å². The normalized spacial score (nSPS) is 14.4. The Kier molecular flexibility index (Phi) is 6.72. The van der Waals surface area contributed by atoms with E-state index in [0.29, 0.717) is 12.5 Å². The van der Waals surface area contributed by atoms with Crippen LogP contribution in [0.3, 0.4) is 0 Å². The average molecular weight is 244 g/mol. The molecule has 0 aromatic heterocycles. The Bertz CT molecular complexity index is 240. The highest BCUT2D eigenvalue weighted by molar-refractivity contribution is 5.73. The highest BCUT2D eigenvalue weighted by Gasteiger charge is 2.28. The van der Waals surface area contributed by atoms with Gasteiger partial charge < -0.3 is 10.0 Å². The fourth-order valence-corrected chi connectivity index (χ4v) is 1.86. The van der Waals surface area contributed by atoms with Crippen LogP contribution in [0.2, 0.25) is 0 Å². The molecule has 4 nitrogen and oxygen atoms in total. The summed E-state index contributed by atoms with van der Waals surface area (Å²) in [5.74, 6) is -0.714. The summed E-state index contributed by atoms with van der Waals surface area (Å²) in [4.78, 5) is 15.5. The first-order chi connectivity index (χ1) is 7.70. The van der Waals surface area contributed by atoms with Crippen molar-refractivity contribution in [3.05, 3.63) is 0 Å². The third-order valence-electron chi connectivity index (χ3n) is 3.26. The molecule has 0 rings (SSSR count). The fourth-order valence-electron chi connectivity index (χ4n) is 1.86. The molecule has 0 amide bonds. The average Bonchev–Trinajstić information content (AvgIpc) is 2.16. The maximum Gasteiger partial charge on any atom is 0.309 e. The van der Waals surface area contributed by atoms with Crippen LogP contribution in [-0.4, -0.2) is 60.6 Å². The van der Waals surface area contributed by atoms with Gasteiger partial charge in [0.2, 0.25) is 0 Å². The molecule has 0 aliphatic carbocycles. The molecule has 1 unspecified atom stereocenters. The van der Waals surface area contributed by atoms with Crippen molar-refractivity contribution in [2.75, 3.05) is 33.7 Å². The molecule has 0 aliphatic rings. The van der Waals surface area contributed by atoms with Crippen molar-refractivity contribution in [2.45, 2.75) is 40.2 Å². The van der Waals surface area contributed by atoms with Crippen molar-refractivity contribution < 1.29 is 9.90 Å². The highest BCUT2D eigenvalue weighted by Crippen LogP contribution is 2.21. The summed E-state index contributed by atoms with van der Waals surface area (Å²) >= 11 is 0. The second kappa shape index (κ2) is 6.97. The third-order valence-corrected chi connectivity index (χ3v) is 3.26. The number of nitrogens with zero attached hydrogens (tertiary/aromatic N) is 2. The maximum absolute atomic E-state index is 11.0. The smallest absolute Gasteiger partial charge is 0.309 e. The molecule has 0 fully saturated rings. The molecule has 0 aromatic rings. The minimum atomic E-state index is -0.714. The number of likely N-dealkylation sites (N-methyl/N-ethyl adjacent to an activating group) is 2. The van der Waals surface area contributed by atoms with Gasteiger partial charge in [-0.3, -0.25) is 9.69 Å². The van der Waals surface area contributed by atoms with E-state index in [-0.39, 0.29) is 0 Å². The van der Waals surface area contributed by atoms with Crippen molar-refractivity contribution >= 4 is 5.97 Å². The second-order valence-corrected chi connectivity index (χ2v) is 5.68. The zero-order valence-electron chi connectivity index (χ0n) is 12.2. The topological polar surface area (TPSA) is 43.8 Å². The molecule has 4 heteroatoms. The van der Waals surface area contributed by atoms with Gasteiger partial charge in [-0.15, -0.1) is 0 Å². The zero-order valence-corrected chi connectivity index (χ0v) is 12.2. The maximum atomic E-state index is 11.0. The molecule has 0 bridgehead atoms. The molecule has 0 radical (unpaired) electrons. The van der Waals surface area contributed by atoms with E-state index in [2.05, 4.69) is 37.7 Å². The summed E-state index contributed by atoms with van der Waals surface area (Å²) < 4.78 is 0. The molecular weight excluding hydrogens is 216 g/mol. The lowest BCUT2D eigenvalue weighted by atomic mass is 9.89. The predicted molar refractivity (Wildman–Crippen MR) is 71.3 cm³/mol. The molecule has 0 aliphatic heterocycles. The second-order valence-electron chi connectivity index (χ2n) is 5.68. The Morgan fingerprint density at radius 3 is 2.24 bits per heavy atom. The van der Waals surface area contributed by atoms with E-state index in [4.69, 9.17) is 5.11 Å². The lowest BCUT2D eigenvalue weighted by Gasteiger charge is -2.32. The highest BCUT2D eigenvalue weighted by atomic mass is 16.4. The van der Waals surface area contributed by atoms with Gasteiger partial charge in [0, 0.05) is 12.6 Å². The molecule has 0 aromatic carbocycles. The molecule has 1 N–H and O–H groups in total. The van der Waals surface area contributed by atoms with Gasteiger partial charge in [-0.2, -0.15) is 0 Å². The number of rotatable bonds is 8. The van der Waals surface area contributed by atoms with Gasteiger partial charge in [0.25, 0.3) is 0 Å². The van der Waals surface area contributed by atoms with E-state index >= 15 is 0 Å². The van der Waals surface area contributed by atoms with Crippen molar-refractivity contribution in [2.24, 2.45) is 5.41 Å². The van der Waals surface area contributed by atoms with Crippen LogP contribution in [0.5, 0.6) is 0 Å². The molecule has 102 valence electrons. The molecule has 0 saturated carbocycles. The molecule has 0 heterocycles. The fraction of sp³-hybridized carbons (Fsp3) is 0.923. The largest absolute Gasteiger partial charge is 0.481 e. The first-order valence-electron chi connectivity index (χ1n) is 6.33. The van der Waals surface area contributed by atoms with E-state index in [0.717, 1.165) is 19.6 Å². The van der Waals surface area contributed by atoms with E-state index in [1.807, 2.05) is 0 Å². The summed E-state index contributed by atoms with van der Waals surface area (Å²) in [5, 5.41) is 9.08. The SMILES string of the molecule is CCN(CCC(C)(C)C(=O)O)C(C)CN(C)C. The van der Waals surface area contributed by atoms with Gasteiger partial charge in [0.05, 0.1) is 5.41 Å². The van der Waals surface area contributed by atoms with Crippen LogP contribution >= 0.6 is 0 Å². The summed E-state index contributed by atoms with van der Waals surface area (Å²) in [7, 11) is 4.12. The van der Waals surface area contributed by atoms with Crippen molar-refractivity contribution in [1.29, 1.82) is 0 Å². The number of hydrogen-bond acceptors (Lipinski definition) is 3. The Hall–Kier alpha value is -0.610. The Morgan fingerprint density at radius 2 is 1.88 bits per heavy atom. The van der Waals surface area contributed by atoms with Crippen LogP contribution in [0, 0.1) is 5.41 Å². The van der Waals surface area contributed by atoms with E-state index in [9.17, 15) is 4.79 Å². The first-order valence-corrected chi connectivity index (χ1v) is 6.33.